The Hall–Kier alpha value is -1.26. The van der Waals surface area contributed by atoms with Gasteiger partial charge in [0.05, 0.1) is 7.11 Å². The van der Waals surface area contributed by atoms with Crippen LogP contribution in [0.15, 0.2) is 18.2 Å². The highest BCUT2D eigenvalue weighted by Crippen LogP contribution is 2.27. The van der Waals surface area contributed by atoms with Gasteiger partial charge in [-0.1, -0.05) is 6.07 Å². The molecular formula is C11H17NO3. The first-order valence-corrected chi connectivity index (χ1v) is 4.88. The predicted octanol–water partition coefficient (Wildman–Crippen LogP) is 0.511. The normalized spacial score (nSPS) is 12.5. The molecule has 0 aliphatic rings. The molecule has 0 aliphatic heterocycles. The number of ether oxygens (including phenoxy) is 1. The third-order valence-electron chi connectivity index (χ3n) is 2.36. The molecule has 0 spiro atoms. The Morgan fingerprint density at radius 2 is 2.20 bits per heavy atom. The van der Waals surface area contributed by atoms with Gasteiger partial charge in [-0.25, -0.2) is 0 Å². The molecule has 0 aliphatic carbocycles. The van der Waals surface area contributed by atoms with Gasteiger partial charge in [0, 0.05) is 6.61 Å². The SMILES string of the molecule is COc1ccc(CC(CN)CO)cc1O. The first-order valence-electron chi connectivity index (χ1n) is 4.88. The summed E-state index contributed by atoms with van der Waals surface area (Å²) >= 11 is 0. The van der Waals surface area contributed by atoms with Crippen molar-refractivity contribution in [2.75, 3.05) is 20.3 Å². The number of hydrogen-bond acceptors (Lipinski definition) is 4. The summed E-state index contributed by atoms with van der Waals surface area (Å²) in [5.74, 6) is 0.605. The molecule has 0 radical (unpaired) electrons. The average molecular weight is 211 g/mol. The van der Waals surface area contributed by atoms with E-state index in [4.69, 9.17) is 15.6 Å². The molecule has 4 N–H and O–H groups in total. The molecule has 0 fully saturated rings. The largest absolute Gasteiger partial charge is 0.504 e. The number of methoxy groups -OCH3 is 1. The van der Waals surface area contributed by atoms with Crippen molar-refractivity contribution >= 4 is 0 Å². The lowest BCUT2D eigenvalue weighted by Crippen LogP contribution is -2.20. The number of rotatable bonds is 5. The van der Waals surface area contributed by atoms with E-state index in [1.165, 1.54) is 7.11 Å². The number of hydrogen-bond donors (Lipinski definition) is 3. The summed E-state index contributed by atoms with van der Waals surface area (Å²) in [4.78, 5) is 0. The van der Waals surface area contributed by atoms with Crippen LogP contribution in [0.3, 0.4) is 0 Å². The zero-order valence-electron chi connectivity index (χ0n) is 8.81. The molecule has 0 amide bonds. The van der Waals surface area contributed by atoms with E-state index < -0.39 is 0 Å². The van der Waals surface area contributed by atoms with Gasteiger partial charge in [-0.3, -0.25) is 0 Å². The van der Waals surface area contributed by atoms with Crippen molar-refractivity contribution < 1.29 is 14.9 Å². The number of aromatic hydroxyl groups is 1. The second-order valence-corrected chi connectivity index (χ2v) is 3.49. The first kappa shape index (κ1) is 11.8. The number of aliphatic hydroxyl groups is 1. The molecule has 0 bridgehead atoms. The minimum Gasteiger partial charge on any atom is -0.504 e. The maximum Gasteiger partial charge on any atom is 0.160 e. The highest BCUT2D eigenvalue weighted by Gasteiger charge is 2.08. The van der Waals surface area contributed by atoms with Crippen molar-refractivity contribution in [3.05, 3.63) is 23.8 Å². The fourth-order valence-electron chi connectivity index (χ4n) is 1.42. The van der Waals surface area contributed by atoms with Crippen molar-refractivity contribution in [1.29, 1.82) is 0 Å². The van der Waals surface area contributed by atoms with Crippen LogP contribution in [0.1, 0.15) is 5.56 Å². The van der Waals surface area contributed by atoms with Gasteiger partial charge in [0.1, 0.15) is 0 Å². The molecule has 1 rings (SSSR count). The van der Waals surface area contributed by atoms with Crippen molar-refractivity contribution in [3.8, 4) is 11.5 Å². The van der Waals surface area contributed by atoms with E-state index in [0.29, 0.717) is 18.7 Å². The maximum absolute atomic E-state index is 9.53. The second kappa shape index (κ2) is 5.58. The Kier molecular flexibility index (Phi) is 4.39. The van der Waals surface area contributed by atoms with E-state index in [1.807, 2.05) is 6.07 Å². The Morgan fingerprint density at radius 1 is 1.47 bits per heavy atom. The van der Waals surface area contributed by atoms with E-state index in [1.54, 1.807) is 12.1 Å². The average Bonchev–Trinajstić information content (AvgIpc) is 2.26. The molecule has 0 saturated carbocycles. The van der Waals surface area contributed by atoms with Crippen LogP contribution in [0, 0.1) is 5.92 Å². The Balaban J connectivity index is 2.74. The van der Waals surface area contributed by atoms with E-state index in [0.717, 1.165) is 5.56 Å². The molecule has 1 aromatic carbocycles. The molecule has 15 heavy (non-hydrogen) atoms. The van der Waals surface area contributed by atoms with Crippen LogP contribution >= 0.6 is 0 Å². The highest BCUT2D eigenvalue weighted by molar-refractivity contribution is 5.41. The number of nitrogens with two attached hydrogens (primary N) is 1. The predicted molar refractivity (Wildman–Crippen MR) is 58.0 cm³/mol. The molecule has 4 nitrogen and oxygen atoms in total. The highest BCUT2D eigenvalue weighted by atomic mass is 16.5. The van der Waals surface area contributed by atoms with Gasteiger partial charge in [0.25, 0.3) is 0 Å². The van der Waals surface area contributed by atoms with Gasteiger partial charge < -0.3 is 20.7 Å². The Labute approximate surface area is 89.3 Å². The monoisotopic (exact) mass is 211 g/mol. The van der Waals surface area contributed by atoms with Crippen LogP contribution < -0.4 is 10.5 Å². The summed E-state index contributed by atoms with van der Waals surface area (Å²) in [6, 6.07) is 5.20. The lowest BCUT2D eigenvalue weighted by atomic mass is 10.00. The number of phenolic OH excluding ortho intramolecular Hbond substituents is 1. The van der Waals surface area contributed by atoms with Gasteiger partial charge >= 0.3 is 0 Å². The smallest absolute Gasteiger partial charge is 0.160 e. The molecule has 1 unspecified atom stereocenters. The third-order valence-corrected chi connectivity index (χ3v) is 2.36. The van der Waals surface area contributed by atoms with Crippen LogP contribution in [-0.4, -0.2) is 30.5 Å². The lowest BCUT2D eigenvalue weighted by molar-refractivity contribution is 0.229. The molecule has 84 valence electrons. The summed E-state index contributed by atoms with van der Waals surface area (Å²) < 4.78 is 4.93. The van der Waals surface area contributed by atoms with Crippen molar-refractivity contribution in [2.45, 2.75) is 6.42 Å². The number of aliphatic hydroxyl groups excluding tert-OH is 1. The summed E-state index contributed by atoms with van der Waals surface area (Å²) in [6.07, 6.45) is 0.657. The molecule has 0 heterocycles. The summed E-state index contributed by atoms with van der Waals surface area (Å²) in [7, 11) is 1.51. The van der Waals surface area contributed by atoms with E-state index in [-0.39, 0.29) is 18.3 Å². The van der Waals surface area contributed by atoms with Crippen molar-refractivity contribution in [3.63, 3.8) is 0 Å². The van der Waals surface area contributed by atoms with E-state index >= 15 is 0 Å². The summed E-state index contributed by atoms with van der Waals surface area (Å²) in [5, 5.41) is 18.5. The van der Waals surface area contributed by atoms with Crippen molar-refractivity contribution in [1.82, 2.24) is 0 Å². The molecule has 1 aromatic rings. The first-order chi connectivity index (χ1) is 7.21. The zero-order valence-corrected chi connectivity index (χ0v) is 8.81. The van der Waals surface area contributed by atoms with Crippen LogP contribution in [0.2, 0.25) is 0 Å². The second-order valence-electron chi connectivity index (χ2n) is 3.49. The standard InChI is InChI=1S/C11H17NO3/c1-15-11-3-2-8(5-10(11)14)4-9(6-12)7-13/h2-3,5,9,13-14H,4,6-7,12H2,1H3. The van der Waals surface area contributed by atoms with Crippen LogP contribution in [0.25, 0.3) is 0 Å². The van der Waals surface area contributed by atoms with E-state index in [9.17, 15) is 5.11 Å². The molecule has 1 atom stereocenters. The van der Waals surface area contributed by atoms with Crippen LogP contribution in [0.4, 0.5) is 0 Å². The Bertz CT molecular complexity index is 311. The van der Waals surface area contributed by atoms with Crippen molar-refractivity contribution in [2.24, 2.45) is 11.7 Å². The minimum absolute atomic E-state index is 0.0396. The van der Waals surface area contributed by atoms with Gasteiger partial charge in [-0.15, -0.1) is 0 Å². The van der Waals surface area contributed by atoms with Gasteiger partial charge in [-0.2, -0.15) is 0 Å². The quantitative estimate of drug-likeness (QED) is 0.663. The minimum atomic E-state index is 0.0396. The third kappa shape index (κ3) is 3.11. The maximum atomic E-state index is 9.53. The molecule has 0 aromatic heterocycles. The molecule has 0 saturated heterocycles. The zero-order chi connectivity index (χ0) is 11.3. The molecule has 4 heteroatoms. The van der Waals surface area contributed by atoms with Crippen LogP contribution in [0.5, 0.6) is 11.5 Å². The van der Waals surface area contributed by atoms with Gasteiger partial charge in [0.15, 0.2) is 11.5 Å². The summed E-state index contributed by atoms with van der Waals surface area (Å²) in [6.45, 7) is 0.493. The fourth-order valence-corrected chi connectivity index (χ4v) is 1.42. The fraction of sp³-hybridized carbons (Fsp3) is 0.455. The summed E-state index contributed by atoms with van der Waals surface area (Å²) in [5.41, 5.74) is 6.42. The topological polar surface area (TPSA) is 75.7 Å². The number of phenols is 1. The van der Waals surface area contributed by atoms with E-state index in [2.05, 4.69) is 0 Å². The van der Waals surface area contributed by atoms with Crippen LogP contribution in [-0.2, 0) is 6.42 Å². The van der Waals surface area contributed by atoms with Gasteiger partial charge in [0.2, 0.25) is 0 Å². The Morgan fingerprint density at radius 3 is 2.67 bits per heavy atom. The number of benzene rings is 1. The lowest BCUT2D eigenvalue weighted by Gasteiger charge is -2.12. The molecular weight excluding hydrogens is 194 g/mol. The van der Waals surface area contributed by atoms with Gasteiger partial charge in [-0.05, 0) is 36.6 Å².